The SMILES string of the molecule is COc1cc(CNC(=O)c2ccc(CSc3c(C)cccc3C)o2)cc(OC)c1. The number of furan rings is 1. The van der Waals surface area contributed by atoms with Crippen LogP contribution in [-0.2, 0) is 12.3 Å². The molecule has 3 aromatic rings. The Labute approximate surface area is 175 Å². The number of nitrogens with one attached hydrogen (secondary N) is 1. The number of hydrogen-bond donors (Lipinski definition) is 1. The van der Waals surface area contributed by atoms with Crippen LogP contribution < -0.4 is 14.8 Å². The van der Waals surface area contributed by atoms with Crippen molar-refractivity contribution < 1.29 is 18.7 Å². The Morgan fingerprint density at radius 1 is 1.00 bits per heavy atom. The van der Waals surface area contributed by atoms with Crippen LogP contribution in [0.15, 0.2) is 57.8 Å². The van der Waals surface area contributed by atoms with E-state index >= 15 is 0 Å². The fourth-order valence-corrected chi connectivity index (χ4v) is 4.02. The Morgan fingerprint density at radius 3 is 2.28 bits per heavy atom. The molecule has 0 spiro atoms. The molecule has 5 nitrogen and oxygen atoms in total. The number of benzene rings is 2. The number of amides is 1. The maximum Gasteiger partial charge on any atom is 0.287 e. The van der Waals surface area contributed by atoms with Gasteiger partial charge in [-0.05, 0) is 54.8 Å². The van der Waals surface area contributed by atoms with E-state index in [1.807, 2.05) is 18.2 Å². The van der Waals surface area contributed by atoms with Gasteiger partial charge in [0.25, 0.3) is 5.91 Å². The van der Waals surface area contributed by atoms with Crippen LogP contribution >= 0.6 is 11.8 Å². The first-order valence-corrected chi connectivity index (χ1v) is 10.3. The molecular formula is C23H25NO4S. The molecule has 0 atom stereocenters. The second kappa shape index (κ2) is 9.56. The molecule has 0 unspecified atom stereocenters. The number of hydrogen-bond acceptors (Lipinski definition) is 5. The van der Waals surface area contributed by atoms with E-state index in [-0.39, 0.29) is 5.91 Å². The second-order valence-corrected chi connectivity index (χ2v) is 7.66. The molecule has 1 N–H and O–H groups in total. The molecule has 3 rings (SSSR count). The molecule has 0 aliphatic rings. The molecule has 1 heterocycles. The van der Waals surface area contributed by atoms with Crippen molar-refractivity contribution in [3.05, 3.63) is 76.7 Å². The summed E-state index contributed by atoms with van der Waals surface area (Å²) in [5, 5.41) is 2.87. The van der Waals surface area contributed by atoms with Crippen molar-refractivity contribution in [1.29, 1.82) is 0 Å². The first-order valence-electron chi connectivity index (χ1n) is 9.28. The predicted molar refractivity (Wildman–Crippen MR) is 115 cm³/mol. The largest absolute Gasteiger partial charge is 0.497 e. The van der Waals surface area contributed by atoms with Crippen molar-refractivity contribution in [2.75, 3.05) is 14.2 Å². The Bertz CT molecular complexity index is 954. The normalized spacial score (nSPS) is 10.6. The molecule has 152 valence electrons. The number of rotatable bonds is 8. The Morgan fingerprint density at radius 2 is 1.66 bits per heavy atom. The summed E-state index contributed by atoms with van der Waals surface area (Å²) >= 11 is 1.72. The Kier molecular flexibility index (Phi) is 6.88. The number of carbonyl (C=O) groups is 1. The highest BCUT2D eigenvalue weighted by Crippen LogP contribution is 2.29. The summed E-state index contributed by atoms with van der Waals surface area (Å²) in [5.41, 5.74) is 3.37. The lowest BCUT2D eigenvalue weighted by molar-refractivity contribution is 0.0921. The molecule has 2 aromatic carbocycles. The summed E-state index contributed by atoms with van der Waals surface area (Å²) in [5.74, 6) is 2.85. The second-order valence-electron chi connectivity index (χ2n) is 6.68. The third-order valence-corrected chi connectivity index (χ3v) is 5.88. The zero-order chi connectivity index (χ0) is 20.8. The standard InChI is InChI=1S/C23H25NO4S/c1-15-6-5-7-16(2)22(15)29-14-18-8-9-21(28-18)23(25)24-13-17-10-19(26-3)12-20(11-17)27-4/h5-12H,13-14H2,1-4H3,(H,24,25). The highest BCUT2D eigenvalue weighted by molar-refractivity contribution is 7.98. The molecule has 0 radical (unpaired) electrons. The predicted octanol–water partition coefficient (Wildman–Crippen LogP) is 5.14. The lowest BCUT2D eigenvalue weighted by atomic mass is 10.2. The van der Waals surface area contributed by atoms with Crippen molar-refractivity contribution in [2.24, 2.45) is 0 Å². The number of ether oxygens (including phenoxy) is 2. The van der Waals surface area contributed by atoms with Crippen molar-refractivity contribution in [1.82, 2.24) is 5.32 Å². The summed E-state index contributed by atoms with van der Waals surface area (Å²) in [6.07, 6.45) is 0. The number of methoxy groups -OCH3 is 2. The zero-order valence-corrected chi connectivity index (χ0v) is 17.9. The molecule has 0 bridgehead atoms. The molecule has 0 saturated heterocycles. The number of thioether (sulfide) groups is 1. The van der Waals surface area contributed by atoms with Crippen LogP contribution in [0.25, 0.3) is 0 Å². The molecule has 1 amide bonds. The lowest BCUT2D eigenvalue weighted by Crippen LogP contribution is -2.22. The third-order valence-electron chi connectivity index (χ3n) is 4.52. The maximum atomic E-state index is 12.4. The van der Waals surface area contributed by atoms with Gasteiger partial charge in [0.2, 0.25) is 0 Å². The minimum absolute atomic E-state index is 0.255. The Hall–Kier alpha value is -2.86. The Balaban J connectivity index is 1.59. The van der Waals surface area contributed by atoms with Crippen LogP contribution in [0.4, 0.5) is 0 Å². The summed E-state index contributed by atoms with van der Waals surface area (Å²) in [7, 11) is 3.19. The van der Waals surface area contributed by atoms with E-state index in [0.717, 1.165) is 11.3 Å². The van der Waals surface area contributed by atoms with E-state index in [2.05, 4.69) is 37.4 Å². The molecule has 0 fully saturated rings. The first-order chi connectivity index (χ1) is 14.0. The van der Waals surface area contributed by atoms with Crippen molar-refractivity contribution in [3.8, 4) is 11.5 Å². The average Bonchev–Trinajstić information content (AvgIpc) is 3.20. The maximum absolute atomic E-state index is 12.4. The summed E-state index contributed by atoms with van der Waals surface area (Å²) < 4.78 is 16.3. The number of aryl methyl sites for hydroxylation is 2. The van der Waals surface area contributed by atoms with Crippen LogP contribution in [0, 0.1) is 13.8 Å². The minimum Gasteiger partial charge on any atom is -0.497 e. The third kappa shape index (κ3) is 5.35. The molecule has 0 saturated carbocycles. The van der Waals surface area contributed by atoms with E-state index in [4.69, 9.17) is 13.9 Å². The fourth-order valence-electron chi connectivity index (χ4n) is 2.99. The van der Waals surface area contributed by atoms with Crippen molar-refractivity contribution in [3.63, 3.8) is 0 Å². The number of carbonyl (C=O) groups excluding carboxylic acids is 1. The topological polar surface area (TPSA) is 60.7 Å². The highest BCUT2D eigenvalue weighted by atomic mass is 32.2. The van der Waals surface area contributed by atoms with Gasteiger partial charge in [-0.1, -0.05) is 18.2 Å². The van der Waals surface area contributed by atoms with Crippen molar-refractivity contribution >= 4 is 17.7 Å². The van der Waals surface area contributed by atoms with Gasteiger partial charge in [0.15, 0.2) is 5.76 Å². The zero-order valence-electron chi connectivity index (χ0n) is 17.1. The molecular weight excluding hydrogens is 386 g/mol. The fraction of sp³-hybridized carbons (Fsp3) is 0.261. The first kappa shape index (κ1) is 20.9. The minimum atomic E-state index is -0.255. The smallest absolute Gasteiger partial charge is 0.287 e. The molecule has 0 aliphatic heterocycles. The lowest BCUT2D eigenvalue weighted by Gasteiger charge is -2.09. The van der Waals surface area contributed by atoms with Gasteiger partial charge in [-0.2, -0.15) is 0 Å². The van der Waals surface area contributed by atoms with E-state index in [0.29, 0.717) is 29.6 Å². The van der Waals surface area contributed by atoms with E-state index in [9.17, 15) is 4.79 Å². The van der Waals surface area contributed by atoms with Gasteiger partial charge in [0.05, 0.1) is 20.0 Å². The molecule has 29 heavy (non-hydrogen) atoms. The molecule has 6 heteroatoms. The molecule has 0 aliphatic carbocycles. The van der Waals surface area contributed by atoms with Crippen LogP contribution in [-0.4, -0.2) is 20.1 Å². The van der Waals surface area contributed by atoms with Gasteiger partial charge in [0, 0.05) is 17.5 Å². The van der Waals surface area contributed by atoms with E-state index in [1.165, 1.54) is 16.0 Å². The van der Waals surface area contributed by atoms with Crippen molar-refractivity contribution in [2.45, 2.75) is 31.0 Å². The van der Waals surface area contributed by atoms with Crippen LogP contribution in [0.5, 0.6) is 11.5 Å². The monoisotopic (exact) mass is 411 g/mol. The van der Waals surface area contributed by atoms with Gasteiger partial charge >= 0.3 is 0 Å². The quantitative estimate of drug-likeness (QED) is 0.520. The highest BCUT2D eigenvalue weighted by Gasteiger charge is 2.13. The van der Waals surface area contributed by atoms with Gasteiger partial charge in [-0.3, -0.25) is 4.79 Å². The van der Waals surface area contributed by atoms with Gasteiger partial charge in [-0.15, -0.1) is 11.8 Å². The van der Waals surface area contributed by atoms with Crippen LogP contribution in [0.3, 0.4) is 0 Å². The van der Waals surface area contributed by atoms with E-state index < -0.39 is 0 Å². The van der Waals surface area contributed by atoms with Crippen LogP contribution in [0.2, 0.25) is 0 Å². The summed E-state index contributed by atoms with van der Waals surface area (Å²) in [4.78, 5) is 13.7. The summed E-state index contributed by atoms with van der Waals surface area (Å²) in [6.45, 7) is 4.55. The summed E-state index contributed by atoms with van der Waals surface area (Å²) in [6, 6.07) is 15.3. The van der Waals surface area contributed by atoms with Gasteiger partial charge in [0.1, 0.15) is 17.3 Å². The van der Waals surface area contributed by atoms with Gasteiger partial charge < -0.3 is 19.2 Å². The molecule has 1 aromatic heterocycles. The van der Waals surface area contributed by atoms with Crippen LogP contribution in [0.1, 0.15) is 33.0 Å². The average molecular weight is 412 g/mol. The van der Waals surface area contributed by atoms with E-state index in [1.54, 1.807) is 38.1 Å². The van der Waals surface area contributed by atoms with Gasteiger partial charge in [-0.25, -0.2) is 0 Å².